The molecule has 0 aliphatic rings. The smallest absolute Gasteiger partial charge is 0.442 e. The van der Waals surface area contributed by atoms with Crippen molar-refractivity contribution in [3.8, 4) is 11.4 Å². The van der Waals surface area contributed by atoms with Gasteiger partial charge in [-0.1, -0.05) is 29.8 Å². The summed E-state index contributed by atoms with van der Waals surface area (Å²) >= 11 is 7.20. The topological polar surface area (TPSA) is 88.2 Å². The quantitative estimate of drug-likeness (QED) is 0.471. The van der Waals surface area contributed by atoms with Crippen LogP contribution in [0.1, 0.15) is 12.5 Å². The minimum absolute atomic E-state index is 0.271. The van der Waals surface area contributed by atoms with Crippen LogP contribution >= 0.6 is 23.4 Å². The number of aromatic nitrogens is 2. The van der Waals surface area contributed by atoms with Crippen LogP contribution in [0.15, 0.2) is 56.8 Å². The van der Waals surface area contributed by atoms with E-state index in [-0.39, 0.29) is 10.9 Å². The molecule has 2 aromatic carbocycles. The zero-order valence-electron chi connectivity index (χ0n) is 15.5. The number of carbonyl (C=O) groups excluding carboxylic acids is 1. The lowest BCUT2D eigenvalue weighted by atomic mass is 10.2. The largest absolute Gasteiger partial charge is 0.495 e. The molecule has 0 fully saturated rings. The molecule has 146 valence electrons. The van der Waals surface area contributed by atoms with E-state index in [1.807, 2.05) is 37.3 Å². The van der Waals surface area contributed by atoms with Gasteiger partial charge in [0.15, 0.2) is 0 Å². The van der Waals surface area contributed by atoms with Gasteiger partial charge in [-0.15, -0.1) is 0 Å². The van der Waals surface area contributed by atoms with Crippen LogP contribution in [-0.4, -0.2) is 23.5 Å². The molecular weight excluding hydrogens is 402 g/mol. The minimum atomic E-state index is -0.575. The lowest BCUT2D eigenvalue weighted by molar-refractivity contribution is -0.704. The number of nitrogens with one attached hydrogen (secondary N) is 2. The number of ether oxygens (including phenoxy) is 1. The van der Waals surface area contributed by atoms with Crippen molar-refractivity contribution in [2.45, 2.75) is 24.1 Å². The third-order valence-electron chi connectivity index (χ3n) is 4.02. The monoisotopic (exact) mass is 420 g/mol. The van der Waals surface area contributed by atoms with Crippen molar-refractivity contribution >= 4 is 35.0 Å². The fourth-order valence-electron chi connectivity index (χ4n) is 2.50. The summed E-state index contributed by atoms with van der Waals surface area (Å²) in [5.41, 5.74) is 1.50. The summed E-state index contributed by atoms with van der Waals surface area (Å²) in [6.45, 7) is 3.54. The lowest BCUT2D eigenvalue weighted by Gasteiger charge is -2.14. The maximum Gasteiger partial charge on any atom is 0.442 e. The molecule has 3 aromatic rings. The Kier molecular flexibility index (Phi) is 6.11. The number of hydrogen-bond donors (Lipinski definition) is 2. The van der Waals surface area contributed by atoms with Crippen LogP contribution in [0.2, 0.25) is 5.02 Å². The van der Waals surface area contributed by atoms with Gasteiger partial charge in [0.25, 0.3) is 0 Å². The van der Waals surface area contributed by atoms with Crippen molar-refractivity contribution in [2.24, 2.45) is 0 Å². The van der Waals surface area contributed by atoms with E-state index in [9.17, 15) is 9.59 Å². The Morgan fingerprint density at radius 1 is 1.32 bits per heavy atom. The number of amides is 1. The first-order valence-electron chi connectivity index (χ1n) is 8.41. The predicted molar refractivity (Wildman–Crippen MR) is 108 cm³/mol. The van der Waals surface area contributed by atoms with Crippen molar-refractivity contribution in [3.63, 3.8) is 0 Å². The van der Waals surface area contributed by atoms with Crippen LogP contribution in [0.4, 0.5) is 5.69 Å². The standard InChI is InChI=1S/C19H18ClN3O4S/c1-11-9-15(16(26-3)10-14(11)20)21-17(24)12(2)28-18-19(25)27-22-23(18)13-7-5-4-6-8-13/h4-10,12H,1-3H3,(H-,21,22,24,25)/p+1. The van der Waals surface area contributed by atoms with Gasteiger partial charge in [-0.25, -0.2) is 4.79 Å². The fourth-order valence-corrected chi connectivity index (χ4v) is 3.54. The average Bonchev–Trinajstić information content (AvgIpc) is 3.05. The zero-order chi connectivity index (χ0) is 20.3. The van der Waals surface area contributed by atoms with E-state index in [0.717, 1.165) is 23.0 Å². The van der Waals surface area contributed by atoms with Crippen molar-refractivity contribution in [1.82, 2.24) is 5.27 Å². The van der Waals surface area contributed by atoms with Crippen molar-refractivity contribution < 1.29 is 18.7 Å². The number of carbonyl (C=O) groups is 1. The maximum atomic E-state index is 12.7. The van der Waals surface area contributed by atoms with Crippen LogP contribution in [0.25, 0.3) is 5.69 Å². The summed E-state index contributed by atoms with van der Waals surface area (Å²) in [4.78, 5) is 24.8. The Bertz CT molecular complexity index is 1050. The lowest BCUT2D eigenvalue weighted by Crippen LogP contribution is -2.37. The second-order valence-corrected chi connectivity index (χ2v) is 7.74. The molecule has 1 amide bonds. The van der Waals surface area contributed by atoms with Gasteiger partial charge in [0.1, 0.15) is 5.75 Å². The summed E-state index contributed by atoms with van der Waals surface area (Å²) in [5, 5.41) is 5.63. The Balaban J connectivity index is 1.80. The molecule has 1 atom stereocenters. The number of halogens is 1. The van der Waals surface area contributed by atoms with Gasteiger partial charge in [-0.3, -0.25) is 9.32 Å². The number of hydrogen-bond acceptors (Lipinski definition) is 5. The molecule has 1 aromatic heterocycles. The highest BCUT2D eigenvalue weighted by Crippen LogP contribution is 2.31. The number of thioether (sulfide) groups is 1. The third-order valence-corrected chi connectivity index (χ3v) is 5.57. The highest BCUT2D eigenvalue weighted by atomic mass is 35.5. The van der Waals surface area contributed by atoms with Gasteiger partial charge in [0.2, 0.25) is 11.6 Å². The number of benzene rings is 2. The Morgan fingerprint density at radius 2 is 2.04 bits per heavy atom. The van der Waals surface area contributed by atoms with Crippen LogP contribution in [-0.2, 0) is 4.79 Å². The van der Waals surface area contributed by atoms with Crippen molar-refractivity contribution in [3.05, 3.63) is 63.5 Å². The summed E-state index contributed by atoms with van der Waals surface area (Å²) in [6, 6.07) is 12.6. The van der Waals surface area contributed by atoms with Crippen molar-refractivity contribution in [1.29, 1.82) is 0 Å². The molecule has 0 saturated heterocycles. The SMILES string of the molecule is COc1cc(Cl)c(C)cc1NC(=O)C(C)Sc1c(=O)o[nH][n+]1-c1ccccc1. The second-order valence-electron chi connectivity index (χ2n) is 6.01. The van der Waals surface area contributed by atoms with E-state index in [1.165, 1.54) is 11.8 Å². The molecule has 0 saturated carbocycles. The molecule has 0 aliphatic heterocycles. The molecule has 0 bridgehead atoms. The van der Waals surface area contributed by atoms with Crippen LogP contribution in [0.5, 0.6) is 5.75 Å². The van der Waals surface area contributed by atoms with Gasteiger partial charge < -0.3 is 10.1 Å². The van der Waals surface area contributed by atoms with Crippen molar-refractivity contribution in [2.75, 3.05) is 12.4 Å². The first kappa shape index (κ1) is 20.0. The molecule has 28 heavy (non-hydrogen) atoms. The van der Waals surface area contributed by atoms with E-state index < -0.39 is 10.9 Å². The fraction of sp³-hybridized carbons (Fsp3) is 0.211. The number of rotatable bonds is 6. The number of nitrogens with zero attached hydrogens (tertiary/aromatic N) is 1. The Hall–Kier alpha value is -2.71. The average molecular weight is 421 g/mol. The van der Waals surface area contributed by atoms with Crippen LogP contribution < -0.4 is 20.4 Å². The van der Waals surface area contributed by atoms with Gasteiger partial charge in [0.05, 0.1) is 18.0 Å². The van der Waals surface area contributed by atoms with Gasteiger partial charge in [0, 0.05) is 23.2 Å². The maximum absolute atomic E-state index is 12.7. The normalized spacial score (nSPS) is 11.9. The summed E-state index contributed by atoms with van der Waals surface area (Å²) < 4.78 is 11.7. The van der Waals surface area contributed by atoms with Gasteiger partial charge in [-0.2, -0.15) is 0 Å². The minimum Gasteiger partial charge on any atom is -0.495 e. The Labute approximate surface area is 170 Å². The zero-order valence-corrected chi connectivity index (χ0v) is 17.1. The number of para-hydroxylation sites is 1. The second kappa shape index (κ2) is 8.53. The van der Waals surface area contributed by atoms with E-state index in [4.69, 9.17) is 20.9 Å². The predicted octanol–water partition coefficient (Wildman–Crippen LogP) is 3.33. The number of anilines is 1. The number of methoxy groups -OCH3 is 1. The molecule has 1 heterocycles. The summed E-state index contributed by atoms with van der Waals surface area (Å²) in [7, 11) is 1.50. The van der Waals surface area contributed by atoms with E-state index in [0.29, 0.717) is 16.5 Å². The summed E-state index contributed by atoms with van der Waals surface area (Å²) in [5.74, 6) is 0.173. The molecular formula is C19H19ClN3O4S+. The Morgan fingerprint density at radius 3 is 2.71 bits per heavy atom. The highest BCUT2D eigenvalue weighted by molar-refractivity contribution is 8.00. The number of aromatic amines is 1. The number of aryl methyl sites for hydroxylation is 1. The highest BCUT2D eigenvalue weighted by Gasteiger charge is 2.29. The van der Waals surface area contributed by atoms with Crippen LogP contribution in [0.3, 0.4) is 0 Å². The molecule has 2 N–H and O–H groups in total. The first-order valence-corrected chi connectivity index (χ1v) is 9.67. The van der Waals surface area contributed by atoms with Crippen LogP contribution in [0, 0.1) is 6.92 Å². The molecule has 0 aliphatic carbocycles. The molecule has 3 rings (SSSR count). The molecule has 0 spiro atoms. The third kappa shape index (κ3) is 4.23. The summed E-state index contributed by atoms with van der Waals surface area (Å²) in [6.07, 6.45) is 0. The van der Waals surface area contributed by atoms with Gasteiger partial charge >= 0.3 is 10.7 Å². The van der Waals surface area contributed by atoms with E-state index in [2.05, 4.69) is 10.6 Å². The molecule has 9 heteroatoms. The molecule has 1 unspecified atom stereocenters. The first-order chi connectivity index (χ1) is 13.4. The number of H-pyrrole nitrogens is 1. The molecule has 7 nitrogen and oxygen atoms in total. The van der Waals surface area contributed by atoms with Gasteiger partial charge in [-0.05, 0) is 47.2 Å². The van der Waals surface area contributed by atoms with E-state index >= 15 is 0 Å². The molecule has 0 radical (unpaired) electrons. The van der Waals surface area contributed by atoms with E-state index in [1.54, 1.807) is 19.1 Å².